The molecule has 90 valence electrons. The molecule has 0 saturated heterocycles. The summed E-state index contributed by atoms with van der Waals surface area (Å²) in [6.45, 7) is 0.389. The molecule has 0 spiro atoms. The molecule has 0 atom stereocenters. The maximum Gasteiger partial charge on any atom is 0.193 e. The third-order valence-corrected chi connectivity index (χ3v) is 2.15. The Morgan fingerprint density at radius 2 is 2.29 bits per heavy atom. The Kier molecular flexibility index (Phi) is 3.17. The molecule has 0 amide bonds. The second-order valence-corrected chi connectivity index (χ2v) is 3.40. The number of aryl methyl sites for hydroxylation is 1. The molecular weight excluding hydrogens is 225 g/mol. The van der Waals surface area contributed by atoms with E-state index in [4.69, 9.17) is 4.74 Å². The molecule has 0 aliphatic rings. The highest BCUT2D eigenvalue weighted by molar-refractivity contribution is 5.47. The van der Waals surface area contributed by atoms with Crippen molar-refractivity contribution in [2.24, 2.45) is 7.05 Å². The summed E-state index contributed by atoms with van der Waals surface area (Å²) >= 11 is 0. The van der Waals surface area contributed by atoms with Crippen LogP contribution in [-0.4, -0.2) is 27.3 Å². The quantitative estimate of drug-likeness (QED) is 0.858. The predicted molar refractivity (Wildman–Crippen MR) is 59.1 cm³/mol. The van der Waals surface area contributed by atoms with Crippen molar-refractivity contribution in [1.29, 1.82) is 0 Å². The van der Waals surface area contributed by atoms with Crippen LogP contribution in [-0.2, 0) is 13.6 Å². The van der Waals surface area contributed by atoms with Crippen LogP contribution in [0.1, 0.15) is 5.82 Å². The third kappa shape index (κ3) is 2.68. The zero-order valence-corrected chi connectivity index (χ0v) is 9.51. The fourth-order valence-electron chi connectivity index (χ4n) is 1.35. The van der Waals surface area contributed by atoms with Gasteiger partial charge in [-0.1, -0.05) is 0 Å². The van der Waals surface area contributed by atoms with E-state index >= 15 is 0 Å². The summed E-state index contributed by atoms with van der Waals surface area (Å²) in [7, 11) is 3.11. The van der Waals surface area contributed by atoms with Crippen LogP contribution in [0.4, 0.5) is 10.1 Å². The Bertz CT molecular complexity index is 513. The number of methoxy groups -OCH3 is 1. The summed E-state index contributed by atoms with van der Waals surface area (Å²) in [5, 5.41) is 14.5. The third-order valence-electron chi connectivity index (χ3n) is 2.15. The molecule has 1 heterocycles. The number of tetrazole rings is 1. The summed E-state index contributed by atoms with van der Waals surface area (Å²) < 4.78 is 18.2. The van der Waals surface area contributed by atoms with Gasteiger partial charge in [0, 0.05) is 11.8 Å². The van der Waals surface area contributed by atoms with Gasteiger partial charge in [-0.15, -0.1) is 10.2 Å². The first-order valence-corrected chi connectivity index (χ1v) is 4.99. The van der Waals surface area contributed by atoms with Gasteiger partial charge in [0.05, 0.1) is 20.7 Å². The van der Waals surface area contributed by atoms with Crippen LogP contribution >= 0.6 is 0 Å². The number of hydrogen-bond acceptors (Lipinski definition) is 5. The zero-order valence-electron chi connectivity index (χ0n) is 9.51. The van der Waals surface area contributed by atoms with Crippen LogP contribution in [0.15, 0.2) is 18.2 Å². The Hall–Kier alpha value is -2.18. The minimum atomic E-state index is -0.412. The number of benzene rings is 1. The van der Waals surface area contributed by atoms with Crippen molar-refractivity contribution in [1.82, 2.24) is 20.2 Å². The van der Waals surface area contributed by atoms with Crippen LogP contribution in [0, 0.1) is 5.82 Å². The molecule has 1 N–H and O–H groups in total. The molecule has 7 heteroatoms. The lowest BCUT2D eigenvalue weighted by molar-refractivity contribution is 0.386. The fraction of sp³-hybridized carbons (Fsp3) is 0.300. The van der Waals surface area contributed by atoms with Gasteiger partial charge < -0.3 is 10.1 Å². The molecule has 17 heavy (non-hydrogen) atoms. The Morgan fingerprint density at radius 1 is 1.47 bits per heavy atom. The van der Waals surface area contributed by atoms with E-state index in [2.05, 4.69) is 20.7 Å². The summed E-state index contributed by atoms with van der Waals surface area (Å²) in [6.07, 6.45) is 0. The normalized spacial score (nSPS) is 10.3. The van der Waals surface area contributed by atoms with Crippen LogP contribution in [0.3, 0.4) is 0 Å². The number of rotatable bonds is 4. The first-order valence-electron chi connectivity index (χ1n) is 4.99. The maximum absolute atomic E-state index is 13.4. The molecule has 1 aromatic carbocycles. The molecule has 0 fully saturated rings. The van der Waals surface area contributed by atoms with E-state index in [-0.39, 0.29) is 5.75 Å². The van der Waals surface area contributed by atoms with Gasteiger partial charge in [0.15, 0.2) is 17.4 Å². The van der Waals surface area contributed by atoms with Crippen molar-refractivity contribution in [3.05, 3.63) is 29.8 Å². The van der Waals surface area contributed by atoms with Gasteiger partial charge >= 0.3 is 0 Å². The molecule has 0 unspecified atom stereocenters. The van der Waals surface area contributed by atoms with Gasteiger partial charge in [0.2, 0.25) is 0 Å². The summed E-state index contributed by atoms with van der Waals surface area (Å²) in [5.41, 5.74) is 0.635. The van der Waals surface area contributed by atoms with E-state index in [1.54, 1.807) is 19.2 Å². The number of nitrogens with zero attached hydrogens (tertiary/aromatic N) is 4. The largest absolute Gasteiger partial charge is 0.494 e. The average Bonchev–Trinajstić information content (AvgIpc) is 2.73. The predicted octanol–water partition coefficient (Wildman–Crippen LogP) is 0.970. The lowest BCUT2D eigenvalue weighted by atomic mass is 10.3. The van der Waals surface area contributed by atoms with Crippen molar-refractivity contribution in [2.75, 3.05) is 12.4 Å². The van der Waals surface area contributed by atoms with Gasteiger partial charge in [-0.3, -0.25) is 0 Å². The second-order valence-electron chi connectivity index (χ2n) is 3.40. The fourth-order valence-corrected chi connectivity index (χ4v) is 1.35. The van der Waals surface area contributed by atoms with Crippen LogP contribution in [0.25, 0.3) is 0 Å². The lowest BCUT2D eigenvalue weighted by Crippen LogP contribution is -2.02. The second kappa shape index (κ2) is 4.77. The zero-order chi connectivity index (χ0) is 12.3. The molecule has 1 aromatic heterocycles. The number of ether oxygens (including phenoxy) is 1. The number of hydrogen-bond donors (Lipinski definition) is 1. The van der Waals surface area contributed by atoms with Crippen molar-refractivity contribution >= 4 is 5.69 Å². The molecular formula is C10H12FN5O. The summed E-state index contributed by atoms with van der Waals surface area (Å²) in [4.78, 5) is 1.37. The van der Waals surface area contributed by atoms with Gasteiger partial charge in [-0.25, -0.2) is 4.39 Å². The molecule has 0 aliphatic carbocycles. The lowest BCUT2D eigenvalue weighted by Gasteiger charge is -2.06. The van der Waals surface area contributed by atoms with Gasteiger partial charge in [0.1, 0.15) is 0 Å². The minimum absolute atomic E-state index is 0.216. The van der Waals surface area contributed by atoms with Crippen molar-refractivity contribution in [3.63, 3.8) is 0 Å². The minimum Gasteiger partial charge on any atom is -0.494 e. The molecule has 2 aromatic rings. The first kappa shape index (κ1) is 11.3. The molecule has 0 saturated carbocycles. The van der Waals surface area contributed by atoms with E-state index in [0.29, 0.717) is 18.1 Å². The van der Waals surface area contributed by atoms with Crippen LogP contribution in [0.5, 0.6) is 5.75 Å². The van der Waals surface area contributed by atoms with E-state index in [1.807, 2.05) is 0 Å². The van der Waals surface area contributed by atoms with Crippen LogP contribution in [0.2, 0.25) is 0 Å². The summed E-state index contributed by atoms with van der Waals surface area (Å²) in [5.74, 6) is 0.349. The van der Waals surface area contributed by atoms with E-state index in [1.165, 1.54) is 18.0 Å². The Labute approximate surface area is 97.4 Å². The monoisotopic (exact) mass is 237 g/mol. The van der Waals surface area contributed by atoms with Crippen molar-refractivity contribution in [2.45, 2.75) is 6.54 Å². The summed E-state index contributed by atoms with van der Waals surface area (Å²) in [6, 6.07) is 4.63. The standard InChI is InChI=1S/C10H12FN5O/c1-16-14-10(13-15-16)6-12-7-3-4-9(17-2)8(11)5-7/h3-5,12H,6H2,1-2H3. The molecule has 0 bridgehead atoms. The van der Waals surface area contributed by atoms with Crippen LogP contribution < -0.4 is 10.1 Å². The molecule has 6 nitrogen and oxygen atoms in total. The number of aromatic nitrogens is 4. The SMILES string of the molecule is COc1ccc(NCc2nnn(C)n2)cc1F. The molecule has 0 radical (unpaired) electrons. The van der Waals surface area contributed by atoms with Crippen molar-refractivity contribution < 1.29 is 9.13 Å². The smallest absolute Gasteiger partial charge is 0.193 e. The van der Waals surface area contributed by atoms with Gasteiger partial charge in [-0.2, -0.15) is 4.80 Å². The first-order chi connectivity index (χ1) is 8.19. The maximum atomic E-state index is 13.4. The van der Waals surface area contributed by atoms with Gasteiger partial charge in [-0.05, 0) is 17.3 Å². The molecule has 0 aliphatic heterocycles. The van der Waals surface area contributed by atoms with Gasteiger partial charge in [0.25, 0.3) is 0 Å². The van der Waals surface area contributed by atoms with E-state index < -0.39 is 5.82 Å². The topological polar surface area (TPSA) is 64.9 Å². The van der Waals surface area contributed by atoms with E-state index in [0.717, 1.165) is 0 Å². The average molecular weight is 237 g/mol. The number of halogens is 1. The van der Waals surface area contributed by atoms with E-state index in [9.17, 15) is 4.39 Å². The van der Waals surface area contributed by atoms with Crippen molar-refractivity contribution in [3.8, 4) is 5.75 Å². The highest BCUT2D eigenvalue weighted by Crippen LogP contribution is 2.20. The Balaban J connectivity index is 2.02. The highest BCUT2D eigenvalue weighted by Gasteiger charge is 2.04. The molecule has 2 rings (SSSR count). The number of nitrogens with one attached hydrogen (secondary N) is 1. The number of anilines is 1. The Morgan fingerprint density at radius 3 is 2.88 bits per heavy atom. The highest BCUT2D eigenvalue weighted by atomic mass is 19.1.